The van der Waals surface area contributed by atoms with Crippen LogP contribution in [0.1, 0.15) is 0 Å². The van der Waals surface area contributed by atoms with E-state index < -0.39 is 0 Å². The average Bonchev–Trinajstić information content (AvgIpc) is 2.54. The highest BCUT2D eigenvalue weighted by Crippen LogP contribution is 2.29. The summed E-state index contributed by atoms with van der Waals surface area (Å²) in [6.45, 7) is 0. The van der Waals surface area contributed by atoms with Crippen LogP contribution in [0.4, 0.5) is 5.69 Å². The summed E-state index contributed by atoms with van der Waals surface area (Å²) in [4.78, 5) is 4.53. The molecule has 0 spiro atoms. The van der Waals surface area contributed by atoms with E-state index in [1.165, 1.54) is 0 Å². The van der Waals surface area contributed by atoms with Crippen LogP contribution in [0.3, 0.4) is 0 Å². The molecule has 0 saturated heterocycles. The van der Waals surface area contributed by atoms with Crippen molar-refractivity contribution in [2.24, 2.45) is 0 Å². The summed E-state index contributed by atoms with van der Waals surface area (Å²) in [5.41, 5.74) is 3.20. The van der Waals surface area contributed by atoms with E-state index in [1.807, 2.05) is 31.4 Å². The molecule has 20 heavy (non-hydrogen) atoms. The van der Waals surface area contributed by atoms with Crippen LogP contribution < -0.4 is 10.1 Å². The Bertz CT molecular complexity index is 736. The number of methoxy groups -OCH3 is 1. The van der Waals surface area contributed by atoms with Crippen molar-refractivity contribution in [2.75, 3.05) is 19.5 Å². The summed E-state index contributed by atoms with van der Waals surface area (Å²) in [6.07, 6.45) is 1.84. The van der Waals surface area contributed by atoms with Crippen LogP contribution in [0.15, 0.2) is 54.7 Å². The molecular formula is C17H16N2O. The largest absolute Gasteiger partial charge is 0.497 e. The minimum Gasteiger partial charge on any atom is -0.497 e. The molecule has 0 aliphatic carbocycles. The second-order valence-corrected chi connectivity index (χ2v) is 4.57. The molecule has 0 aliphatic rings. The summed E-state index contributed by atoms with van der Waals surface area (Å²) in [7, 11) is 3.59. The fourth-order valence-corrected chi connectivity index (χ4v) is 2.31. The lowest BCUT2D eigenvalue weighted by atomic mass is 10.0. The van der Waals surface area contributed by atoms with E-state index in [4.69, 9.17) is 4.74 Å². The van der Waals surface area contributed by atoms with Gasteiger partial charge in [-0.15, -0.1) is 0 Å². The van der Waals surface area contributed by atoms with E-state index in [-0.39, 0.29) is 0 Å². The van der Waals surface area contributed by atoms with Crippen LogP contribution >= 0.6 is 0 Å². The number of rotatable bonds is 3. The standard InChI is InChI=1S/C17H16N2O/c1-18-14-5-3-12(4-6-14)17-16-8-7-15(20-2)11-13(16)9-10-19-17/h3-11,18H,1-2H3. The molecular weight excluding hydrogens is 248 g/mol. The summed E-state index contributed by atoms with van der Waals surface area (Å²) < 4.78 is 5.27. The zero-order valence-electron chi connectivity index (χ0n) is 11.6. The number of nitrogens with zero attached hydrogens (tertiary/aromatic N) is 1. The van der Waals surface area contributed by atoms with Crippen molar-refractivity contribution in [1.82, 2.24) is 4.98 Å². The Morgan fingerprint density at radius 2 is 1.80 bits per heavy atom. The van der Waals surface area contributed by atoms with Crippen molar-refractivity contribution in [2.45, 2.75) is 0 Å². The average molecular weight is 264 g/mol. The number of ether oxygens (including phenoxy) is 1. The summed E-state index contributed by atoms with van der Waals surface area (Å²) in [5.74, 6) is 0.861. The Balaban J connectivity index is 2.14. The molecule has 0 fully saturated rings. The van der Waals surface area contributed by atoms with Gasteiger partial charge in [-0.3, -0.25) is 4.98 Å². The molecule has 0 unspecified atom stereocenters. The monoisotopic (exact) mass is 264 g/mol. The summed E-state index contributed by atoms with van der Waals surface area (Å²) in [6, 6.07) is 16.3. The van der Waals surface area contributed by atoms with Crippen LogP contribution in [0.2, 0.25) is 0 Å². The van der Waals surface area contributed by atoms with Gasteiger partial charge in [0.25, 0.3) is 0 Å². The number of benzene rings is 2. The number of nitrogens with one attached hydrogen (secondary N) is 1. The first-order valence-electron chi connectivity index (χ1n) is 6.53. The van der Waals surface area contributed by atoms with E-state index in [0.29, 0.717) is 0 Å². The fourth-order valence-electron chi connectivity index (χ4n) is 2.31. The van der Waals surface area contributed by atoms with E-state index in [1.54, 1.807) is 7.11 Å². The molecule has 3 aromatic rings. The molecule has 1 N–H and O–H groups in total. The third-order valence-electron chi connectivity index (χ3n) is 3.42. The number of hydrogen-bond donors (Lipinski definition) is 1. The zero-order chi connectivity index (χ0) is 13.9. The maximum Gasteiger partial charge on any atom is 0.119 e. The summed E-state index contributed by atoms with van der Waals surface area (Å²) >= 11 is 0. The molecule has 0 atom stereocenters. The molecule has 3 heteroatoms. The highest BCUT2D eigenvalue weighted by molar-refractivity contribution is 5.95. The van der Waals surface area contributed by atoms with Gasteiger partial charge in [0.1, 0.15) is 5.75 Å². The number of anilines is 1. The third-order valence-corrected chi connectivity index (χ3v) is 3.42. The van der Waals surface area contributed by atoms with E-state index in [0.717, 1.165) is 33.5 Å². The quantitative estimate of drug-likeness (QED) is 0.777. The Kier molecular flexibility index (Phi) is 3.25. The summed E-state index contributed by atoms with van der Waals surface area (Å²) in [5, 5.41) is 5.38. The molecule has 0 amide bonds. The van der Waals surface area contributed by atoms with Crippen molar-refractivity contribution in [3.8, 4) is 17.0 Å². The van der Waals surface area contributed by atoms with Gasteiger partial charge in [0.15, 0.2) is 0 Å². The Morgan fingerprint density at radius 1 is 1.00 bits per heavy atom. The van der Waals surface area contributed by atoms with Gasteiger partial charge in [-0.1, -0.05) is 12.1 Å². The number of hydrogen-bond acceptors (Lipinski definition) is 3. The van der Waals surface area contributed by atoms with E-state index in [9.17, 15) is 0 Å². The van der Waals surface area contributed by atoms with Crippen molar-refractivity contribution in [3.63, 3.8) is 0 Å². The van der Waals surface area contributed by atoms with Gasteiger partial charge in [0.2, 0.25) is 0 Å². The third kappa shape index (κ3) is 2.18. The maximum atomic E-state index is 5.27. The van der Waals surface area contributed by atoms with Gasteiger partial charge < -0.3 is 10.1 Å². The van der Waals surface area contributed by atoms with E-state index >= 15 is 0 Å². The van der Waals surface area contributed by atoms with E-state index in [2.05, 4.69) is 40.6 Å². The lowest BCUT2D eigenvalue weighted by molar-refractivity contribution is 0.415. The molecule has 1 heterocycles. The molecule has 100 valence electrons. The van der Waals surface area contributed by atoms with Gasteiger partial charge in [0, 0.05) is 29.9 Å². The molecule has 0 saturated carbocycles. The highest BCUT2D eigenvalue weighted by atomic mass is 16.5. The van der Waals surface area contributed by atoms with Gasteiger partial charge in [-0.2, -0.15) is 0 Å². The zero-order valence-corrected chi connectivity index (χ0v) is 11.6. The second-order valence-electron chi connectivity index (χ2n) is 4.57. The van der Waals surface area contributed by atoms with Crippen LogP contribution in [-0.2, 0) is 0 Å². The predicted molar refractivity (Wildman–Crippen MR) is 83.3 cm³/mol. The van der Waals surface area contributed by atoms with Crippen LogP contribution in [-0.4, -0.2) is 19.1 Å². The van der Waals surface area contributed by atoms with Crippen molar-refractivity contribution >= 4 is 16.5 Å². The van der Waals surface area contributed by atoms with Crippen molar-refractivity contribution in [1.29, 1.82) is 0 Å². The van der Waals surface area contributed by atoms with Gasteiger partial charge in [-0.25, -0.2) is 0 Å². The van der Waals surface area contributed by atoms with Gasteiger partial charge >= 0.3 is 0 Å². The normalized spacial score (nSPS) is 10.5. The Hall–Kier alpha value is -2.55. The van der Waals surface area contributed by atoms with Crippen molar-refractivity contribution < 1.29 is 4.74 Å². The molecule has 0 bridgehead atoms. The SMILES string of the molecule is CNc1ccc(-c2nccc3cc(OC)ccc23)cc1. The van der Waals surface area contributed by atoms with Crippen LogP contribution in [0, 0.1) is 0 Å². The molecule has 3 rings (SSSR count). The molecule has 0 aliphatic heterocycles. The Morgan fingerprint density at radius 3 is 2.50 bits per heavy atom. The number of pyridine rings is 1. The number of aromatic nitrogens is 1. The predicted octanol–water partition coefficient (Wildman–Crippen LogP) is 3.95. The number of fused-ring (bicyclic) bond motifs is 1. The topological polar surface area (TPSA) is 34.2 Å². The van der Waals surface area contributed by atoms with Crippen LogP contribution in [0.5, 0.6) is 5.75 Å². The molecule has 2 aromatic carbocycles. The van der Waals surface area contributed by atoms with Gasteiger partial charge in [0.05, 0.1) is 12.8 Å². The fraction of sp³-hybridized carbons (Fsp3) is 0.118. The van der Waals surface area contributed by atoms with Crippen molar-refractivity contribution in [3.05, 3.63) is 54.7 Å². The van der Waals surface area contributed by atoms with Crippen LogP contribution in [0.25, 0.3) is 22.0 Å². The first kappa shape index (κ1) is 12.5. The molecule has 3 nitrogen and oxygen atoms in total. The smallest absolute Gasteiger partial charge is 0.119 e. The minimum absolute atomic E-state index is 0.861. The van der Waals surface area contributed by atoms with Gasteiger partial charge in [-0.05, 0) is 41.8 Å². The lowest BCUT2D eigenvalue weighted by Gasteiger charge is -2.08. The first-order valence-corrected chi connectivity index (χ1v) is 6.53. The maximum absolute atomic E-state index is 5.27. The highest BCUT2D eigenvalue weighted by Gasteiger charge is 2.06. The second kappa shape index (κ2) is 5.21. The minimum atomic E-state index is 0.861. The first-order chi connectivity index (χ1) is 9.81. The lowest BCUT2D eigenvalue weighted by Crippen LogP contribution is -1.90. The Labute approximate surface area is 118 Å². The molecule has 0 radical (unpaired) electrons. The molecule has 1 aromatic heterocycles.